The molecule has 0 saturated heterocycles. The van der Waals surface area contributed by atoms with Crippen LogP contribution in [-0.4, -0.2) is 30.6 Å². The van der Waals surface area contributed by atoms with Crippen LogP contribution >= 0.6 is 0 Å². The number of halogens is 1. The van der Waals surface area contributed by atoms with Crippen LogP contribution in [0.4, 0.5) is 15.8 Å². The van der Waals surface area contributed by atoms with E-state index in [1.54, 1.807) is 6.92 Å². The van der Waals surface area contributed by atoms with E-state index in [1.807, 2.05) is 5.43 Å². The van der Waals surface area contributed by atoms with Gasteiger partial charge >= 0.3 is 0 Å². The van der Waals surface area contributed by atoms with E-state index in [-0.39, 0.29) is 17.3 Å². The van der Waals surface area contributed by atoms with E-state index in [1.165, 1.54) is 7.11 Å². The highest BCUT2D eigenvalue weighted by Crippen LogP contribution is 2.25. The summed E-state index contributed by atoms with van der Waals surface area (Å²) < 4.78 is 18.4. The third-order valence-corrected chi connectivity index (χ3v) is 2.81. The highest BCUT2D eigenvalue weighted by atomic mass is 19.1. The number of hydrazine groups is 1. The molecule has 4 N–H and O–H groups in total. The SMILES string of the molecule is COCCC(C)NC(=O)c1cc(NN)c(F)cc1[N+](=O)[O-]. The van der Waals surface area contributed by atoms with E-state index in [4.69, 9.17) is 10.6 Å². The Morgan fingerprint density at radius 1 is 1.57 bits per heavy atom. The fraction of sp³-hybridized carbons (Fsp3) is 0.417. The molecule has 1 aromatic rings. The van der Waals surface area contributed by atoms with Crippen LogP contribution in [0.2, 0.25) is 0 Å². The molecule has 0 aliphatic carbocycles. The molecule has 0 saturated carbocycles. The predicted molar refractivity (Wildman–Crippen MR) is 74.3 cm³/mol. The van der Waals surface area contributed by atoms with E-state index in [0.29, 0.717) is 19.1 Å². The molecule has 0 aliphatic rings. The van der Waals surface area contributed by atoms with Crippen molar-refractivity contribution >= 4 is 17.3 Å². The fourth-order valence-corrected chi connectivity index (χ4v) is 1.67. The normalized spacial score (nSPS) is 11.8. The highest BCUT2D eigenvalue weighted by molar-refractivity contribution is 5.99. The van der Waals surface area contributed by atoms with E-state index in [2.05, 4.69) is 5.32 Å². The van der Waals surface area contributed by atoms with E-state index < -0.39 is 22.3 Å². The number of nitrogens with two attached hydrogens (primary N) is 1. The van der Waals surface area contributed by atoms with Gasteiger partial charge < -0.3 is 15.5 Å². The summed E-state index contributed by atoms with van der Waals surface area (Å²) in [5.74, 6) is 3.52. The first-order valence-electron chi connectivity index (χ1n) is 6.15. The fourth-order valence-electron chi connectivity index (χ4n) is 1.67. The van der Waals surface area contributed by atoms with Crippen molar-refractivity contribution in [2.75, 3.05) is 19.1 Å². The molecule has 0 fully saturated rings. The number of anilines is 1. The molecule has 0 radical (unpaired) electrons. The van der Waals surface area contributed by atoms with Crippen molar-refractivity contribution in [1.82, 2.24) is 5.32 Å². The number of ether oxygens (including phenoxy) is 1. The molecular weight excluding hydrogens is 283 g/mol. The van der Waals surface area contributed by atoms with Crippen molar-refractivity contribution in [1.29, 1.82) is 0 Å². The minimum absolute atomic E-state index is 0.199. The van der Waals surface area contributed by atoms with Gasteiger partial charge in [-0.1, -0.05) is 0 Å². The molecule has 0 bridgehead atoms. The first kappa shape index (κ1) is 16.8. The van der Waals surface area contributed by atoms with Gasteiger partial charge in [0.2, 0.25) is 0 Å². The Morgan fingerprint density at radius 3 is 2.76 bits per heavy atom. The molecule has 0 heterocycles. The molecule has 9 heteroatoms. The molecule has 1 aromatic carbocycles. The van der Waals surface area contributed by atoms with Crippen molar-refractivity contribution in [3.05, 3.63) is 33.6 Å². The number of benzene rings is 1. The first-order valence-corrected chi connectivity index (χ1v) is 6.15. The Balaban J connectivity index is 3.04. The summed E-state index contributed by atoms with van der Waals surface area (Å²) in [4.78, 5) is 22.2. The Labute approximate surface area is 120 Å². The number of nitrogens with zero attached hydrogens (tertiary/aromatic N) is 1. The Kier molecular flexibility index (Phi) is 6.00. The second kappa shape index (κ2) is 7.50. The molecular formula is C12H17FN4O4. The number of hydrogen-bond donors (Lipinski definition) is 3. The third kappa shape index (κ3) is 4.36. The Hall–Kier alpha value is -2.26. The molecule has 8 nitrogen and oxygen atoms in total. The summed E-state index contributed by atoms with van der Waals surface area (Å²) in [6.07, 6.45) is 0.541. The van der Waals surface area contributed by atoms with Crippen molar-refractivity contribution in [2.45, 2.75) is 19.4 Å². The zero-order valence-electron chi connectivity index (χ0n) is 11.7. The minimum Gasteiger partial charge on any atom is -0.385 e. The lowest BCUT2D eigenvalue weighted by atomic mass is 10.1. The smallest absolute Gasteiger partial charge is 0.285 e. The lowest BCUT2D eigenvalue weighted by Gasteiger charge is -2.14. The number of nitrogens with one attached hydrogen (secondary N) is 2. The van der Waals surface area contributed by atoms with Gasteiger partial charge in [-0.2, -0.15) is 0 Å². The summed E-state index contributed by atoms with van der Waals surface area (Å²) in [6, 6.07) is 1.41. The van der Waals surface area contributed by atoms with E-state index in [0.717, 1.165) is 6.07 Å². The van der Waals surface area contributed by atoms with Gasteiger partial charge in [-0.15, -0.1) is 0 Å². The van der Waals surface area contributed by atoms with Crippen LogP contribution in [-0.2, 0) is 4.74 Å². The van der Waals surface area contributed by atoms with Crippen LogP contribution in [0.15, 0.2) is 12.1 Å². The number of carbonyl (C=O) groups excluding carboxylic acids is 1. The molecule has 0 aromatic heterocycles. The Morgan fingerprint density at radius 2 is 2.24 bits per heavy atom. The summed E-state index contributed by atoms with van der Waals surface area (Å²) in [5.41, 5.74) is 0.960. The van der Waals surface area contributed by atoms with Crippen molar-refractivity contribution in [3.8, 4) is 0 Å². The molecule has 0 spiro atoms. The molecule has 1 amide bonds. The van der Waals surface area contributed by atoms with Gasteiger partial charge in [0.25, 0.3) is 11.6 Å². The summed E-state index contributed by atoms with van der Waals surface area (Å²) in [5, 5.41) is 13.5. The lowest BCUT2D eigenvalue weighted by molar-refractivity contribution is -0.385. The van der Waals surface area contributed by atoms with E-state index in [9.17, 15) is 19.3 Å². The number of nitrogen functional groups attached to an aromatic ring is 1. The van der Waals surface area contributed by atoms with Gasteiger partial charge in [-0.25, -0.2) is 4.39 Å². The highest BCUT2D eigenvalue weighted by Gasteiger charge is 2.24. The molecule has 1 atom stereocenters. The number of amides is 1. The minimum atomic E-state index is -0.909. The second-order valence-corrected chi connectivity index (χ2v) is 4.41. The Bertz CT molecular complexity index is 538. The van der Waals surface area contributed by atoms with Crippen LogP contribution in [0.25, 0.3) is 0 Å². The maximum atomic E-state index is 13.5. The van der Waals surface area contributed by atoms with E-state index >= 15 is 0 Å². The van der Waals surface area contributed by atoms with Gasteiger partial charge in [-0.3, -0.25) is 20.8 Å². The third-order valence-electron chi connectivity index (χ3n) is 2.81. The summed E-state index contributed by atoms with van der Waals surface area (Å²) >= 11 is 0. The van der Waals surface area contributed by atoms with Crippen LogP contribution in [0.5, 0.6) is 0 Å². The second-order valence-electron chi connectivity index (χ2n) is 4.41. The van der Waals surface area contributed by atoms with Gasteiger partial charge in [0.15, 0.2) is 5.82 Å². The molecule has 1 unspecified atom stereocenters. The molecule has 116 valence electrons. The number of rotatable bonds is 7. The molecule has 0 aliphatic heterocycles. The van der Waals surface area contributed by atoms with Gasteiger partial charge in [-0.05, 0) is 19.4 Å². The molecule has 1 rings (SSSR count). The van der Waals surface area contributed by atoms with Gasteiger partial charge in [0.05, 0.1) is 16.7 Å². The maximum Gasteiger partial charge on any atom is 0.285 e. The number of nitro groups is 1. The zero-order valence-corrected chi connectivity index (χ0v) is 11.7. The summed E-state index contributed by atoms with van der Waals surface area (Å²) in [6.45, 7) is 2.16. The van der Waals surface area contributed by atoms with Crippen LogP contribution < -0.4 is 16.6 Å². The molecule has 21 heavy (non-hydrogen) atoms. The topological polar surface area (TPSA) is 120 Å². The van der Waals surface area contributed by atoms with Crippen molar-refractivity contribution < 1.29 is 18.8 Å². The quantitative estimate of drug-likeness (QED) is 0.395. The number of hydrogen-bond acceptors (Lipinski definition) is 6. The monoisotopic (exact) mass is 300 g/mol. The van der Waals surface area contributed by atoms with Crippen LogP contribution in [0, 0.1) is 15.9 Å². The number of methoxy groups -OCH3 is 1. The largest absolute Gasteiger partial charge is 0.385 e. The van der Waals surface area contributed by atoms with Crippen LogP contribution in [0.1, 0.15) is 23.7 Å². The standard InChI is InChI=1S/C12H17FN4O4/c1-7(3-4-21-2)15-12(18)8-5-10(16-14)9(13)6-11(8)17(19)20/h5-7,16H,3-4,14H2,1-2H3,(H,15,18). The van der Waals surface area contributed by atoms with Crippen molar-refractivity contribution in [2.24, 2.45) is 5.84 Å². The summed E-state index contributed by atoms with van der Waals surface area (Å²) in [7, 11) is 1.53. The van der Waals surface area contributed by atoms with Gasteiger partial charge in [0.1, 0.15) is 5.56 Å². The van der Waals surface area contributed by atoms with Crippen molar-refractivity contribution in [3.63, 3.8) is 0 Å². The average molecular weight is 300 g/mol. The number of carbonyl (C=O) groups is 1. The lowest BCUT2D eigenvalue weighted by Crippen LogP contribution is -2.33. The van der Waals surface area contributed by atoms with Crippen LogP contribution in [0.3, 0.4) is 0 Å². The maximum absolute atomic E-state index is 13.5. The number of nitro benzene ring substituents is 1. The predicted octanol–water partition coefficient (Wildman–Crippen LogP) is 1.17. The average Bonchev–Trinajstić information content (AvgIpc) is 2.44. The zero-order chi connectivity index (χ0) is 16.0. The first-order chi connectivity index (χ1) is 9.90. The van der Waals surface area contributed by atoms with Gasteiger partial charge in [0, 0.05) is 19.8 Å².